The van der Waals surface area contributed by atoms with Gasteiger partial charge in [-0.05, 0) is 65.9 Å². The number of fused-ring (bicyclic) bond motifs is 1. The van der Waals surface area contributed by atoms with Crippen LogP contribution in [0.3, 0.4) is 0 Å². The largest absolute Gasteiger partial charge is 0.312 e. The fourth-order valence-corrected chi connectivity index (χ4v) is 4.83. The average Bonchev–Trinajstić information content (AvgIpc) is 3.12. The topological polar surface area (TPSA) is 66.5 Å². The van der Waals surface area contributed by atoms with E-state index in [1.165, 1.54) is 6.92 Å². The van der Waals surface area contributed by atoms with E-state index in [0.29, 0.717) is 18.7 Å². The lowest BCUT2D eigenvalue weighted by molar-refractivity contribution is -0.116. The van der Waals surface area contributed by atoms with Gasteiger partial charge in [0, 0.05) is 24.8 Å². The summed E-state index contributed by atoms with van der Waals surface area (Å²) < 4.78 is 28.6. The van der Waals surface area contributed by atoms with Gasteiger partial charge < -0.3 is 4.90 Å². The third-order valence-electron chi connectivity index (χ3n) is 5.21. The Balaban J connectivity index is 1.63. The van der Waals surface area contributed by atoms with Gasteiger partial charge in [-0.1, -0.05) is 36.4 Å². The Morgan fingerprint density at radius 3 is 2.55 bits per heavy atom. The minimum Gasteiger partial charge on any atom is -0.312 e. The number of carbonyl (C=O) groups excluding carboxylic acids is 1. The monoisotopic (exact) mass is 406 g/mol. The van der Waals surface area contributed by atoms with Crippen molar-refractivity contribution in [3.8, 4) is 11.1 Å². The highest BCUT2D eigenvalue weighted by Crippen LogP contribution is 2.31. The van der Waals surface area contributed by atoms with E-state index >= 15 is 0 Å². The Morgan fingerprint density at radius 2 is 1.79 bits per heavy atom. The highest BCUT2D eigenvalue weighted by molar-refractivity contribution is 7.92. The summed E-state index contributed by atoms with van der Waals surface area (Å²) in [6, 6.07) is 20.3. The lowest BCUT2D eigenvalue weighted by Crippen LogP contribution is -2.25. The number of anilines is 2. The van der Waals surface area contributed by atoms with Crippen LogP contribution in [-0.4, -0.2) is 20.9 Å². The molecule has 1 aliphatic rings. The number of hydrogen-bond donors (Lipinski definition) is 1. The standard InChI is InChI=1S/C23H22N2O3S/c1-16-6-3-4-9-22(16)18-7-5-8-20(14-18)24-29(27,28)21-10-11-23-19(15-21)12-13-25(23)17(2)26/h3-11,14-15,24H,12-13H2,1-2H3. The molecule has 0 unspecified atom stereocenters. The number of rotatable bonds is 4. The summed E-state index contributed by atoms with van der Waals surface area (Å²) in [7, 11) is -3.74. The summed E-state index contributed by atoms with van der Waals surface area (Å²) in [5, 5.41) is 0. The summed E-state index contributed by atoms with van der Waals surface area (Å²) in [6.45, 7) is 4.13. The predicted octanol–water partition coefficient (Wildman–Crippen LogP) is 4.37. The Hall–Kier alpha value is -3.12. The second kappa shape index (κ2) is 7.37. The number of amides is 1. The van der Waals surface area contributed by atoms with E-state index in [9.17, 15) is 13.2 Å². The van der Waals surface area contributed by atoms with Gasteiger partial charge >= 0.3 is 0 Å². The summed E-state index contributed by atoms with van der Waals surface area (Å²) in [6.07, 6.45) is 0.654. The van der Waals surface area contributed by atoms with Gasteiger partial charge in [0.1, 0.15) is 0 Å². The van der Waals surface area contributed by atoms with Crippen molar-refractivity contribution in [2.24, 2.45) is 0 Å². The van der Waals surface area contributed by atoms with E-state index in [-0.39, 0.29) is 10.8 Å². The minimum atomic E-state index is -3.74. The quantitative estimate of drug-likeness (QED) is 0.700. The zero-order valence-electron chi connectivity index (χ0n) is 16.3. The Bertz CT molecular complexity index is 1200. The number of nitrogens with one attached hydrogen (secondary N) is 1. The molecule has 148 valence electrons. The molecule has 0 aromatic heterocycles. The van der Waals surface area contributed by atoms with E-state index in [2.05, 4.69) is 4.72 Å². The summed E-state index contributed by atoms with van der Waals surface area (Å²) in [5.74, 6) is -0.0366. The third-order valence-corrected chi connectivity index (χ3v) is 6.59. The zero-order valence-corrected chi connectivity index (χ0v) is 17.2. The van der Waals surface area contributed by atoms with Crippen LogP contribution in [0.15, 0.2) is 71.6 Å². The van der Waals surface area contributed by atoms with Crippen molar-refractivity contribution in [1.29, 1.82) is 0 Å². The highest BCUT2D eigenvalue weighted by Gasteiger charge is 2.24. The highest BCUT2D eigenvalue weighted by atomic mass is 32.2. The second-order valence-electron chi connectivity index (χ2n) is 7.21. The SMILES string of the molecule is CC(=O)N1CCc2cc(S(=O)(=O)Nc3cccc(-c4ccccc4C)c3)ccc21. The van der Waals surface area contributed by atoms with Crippen molar-refractivity contribution in [3.05, 3.63) is 77.9 Å². The first-order valence-corrected chi connectivity index (χ1v) is 10.9. The molecule has 0 aliphatic carbocycles. The summed E-state index contributed by atoms with van der Waals surface area (Å²) in [5.41, 5.74) is 5.32. The molecule has 1 N–H and O–H groups in total. The van der Waals surface area contributed by atoms with E-state index in [4.69, 9.17) is 0 Å². The molecule has 4 rings (SSSR count). The number of carbonyl (C=O) groups is 1. The van der Waals surface area contributed by atoms with Crippen LogP contribution in [0.1, 0.15) is 18.1 Å². The molecule has 1 heterocycles. The number of sulfonamides is 1. The fourth-order valence-electron chi connectivity index (χ4n) is 3.73. The molecular weight excluding hydrogens is 384 g/mol. The normalized spacial score (nSPS) is 13.2. The molecule has 0 fully saturated rings. The Kier molecular flexibility index (Phi) is 4.88. The first-order chi connectivity index (χ1) is 13.8. The molecule has 0 bridgehead atoms. The minimum absolute atomic E-state index is 0.0366. The van der Waals surface area contributed by atoms with Crippen molar-refractivity contribution in [3.63, 3.8) is 0 Å². The van der Waals surface area contributed by atoms with Gasteiger partial charge in [0.15, 0.2) is 0 Å². The second-order valence-corrected chi connectivity index (χ2v) is 8.89. The summed E-state index contributed by atoms with van der Waals surface area (Å²) in [4.78, 5) is 13.6. The fraction of sp³-hybridized carbons (Fsp3) is 0.174. The molecule has 3 aromatic rings. The van der Waals surface area contributed by atoms with E-state index < -0.39 is 10.0 Å². The lowest BCUT2D eigenvalue weighted by atomic mass is 10.0. The van der Waals surface area contributed by atoms with Gasteiger partial charge in [-0.3, -0.25) is 9.52 Å². The van der Waals surface area contributed by atoms with Crippen molar-refractivity contribution in [2.75, 3.05) is 16.2 Å². The molecule has 0 saturated heterocycles. The maximum absolute atomic E-state index is 12.9. The van der Waals surface area contributed by atoms with E-state index in [1.54, 1.807) is 29.2 Å². The average molecular weight is 407 g/mol. The molecule has 5 nitrogen and oxygen atoms in total. The van der Waals surface area contributed by atoms with E-state index in [1.807, 2.05) is 49.4 Å². The van der Waals surface area contributed by atoms with Gasteiger partial charge in [-0.25, -0.2) is 8.42 Å². The van der Waals surface area contributed by atoms with Crippen molar-refractivity contribution in [1.82, 2.24) is 0 Å². The maximum Gasteiger partial charge on any atom is 0.261 e. The van der Waals surface area contributed by atoms with Crippen LogP contribution in [0.5, 0.6) is 0 Å². The van der Waals surface area contributed by atoms with Gasteiger partial charge in [-0.15, -0.1) is 0 Å². The lowest BCUT2D eigenvalue weighted by Gasteiger charge is -2.15. The number of hydrogen-bond acceptors (Lipinski definition) is 3. The smallest absolute Gasteiger partial charge is 0.261 e. The van der Waals surface area contributed by atoms with Crippen LogP contribution in [0.25, 0.3) is 11.1 Å². The molecule has 0 atom stereocenters. The molecule has 29 heavy (non-hydrogen) atoms. The van der Waals surface area contributed by atoms with Crippen LogP contribution in [0, 0.1) is 6.92 Å². The zero-order chi connectivity index (χ0) is 20.6. The Morgan fingerprint density at radius 1 is 1.00 bits per heavy atom. The van der Waals surface area contributed by atoms with Gasteiger partial charge in [0.05, 0.1) is 4.90 Å². The van der Waals surface area contributed by atoms with E-state index in [0.717, 1.165) is 27.9 Å². The van der Waals surface area contributed by atoms with Gasteiger partial charge in [0.25, 0.3) is 10.0 Å². The van der Waals surface area contributed by atoms with Crippen molar-refractivity contribution < 1.29 is 13.2 Å². The number of aryl methyl sites for hydroxylation is 1. The number of nitrogens with zero attached hydrogens (tertiary/aromatic N) is 1. The molecular formula is C23H22N2O3S. The van der Waals surface area contributed by atoms with Gasteiger partial charge in [0.2, 0.25) is 5.91 Å². The van der Waals surface area contributed by atoms with Crippen LogP contribution < -0.4 is 9.62 Å². The van der Waals surface area contributed by atoms with Crippen LogP contribution in [0.4, 0.5) is 11.4 Å². The molecule has 0 radical (unpaired) electrons. The predicted molar refractivity (Wildman–Crippen MR) is 116 cm³/mol. The first-order valence-electron chi connectivity index (χ1n) is 9.45. The van der Waals surface area contributed by atoms with Gasteiger partial charge in [-0.2, -0.15) is 0 Å². The molecule has 0 saturated carbocycles. The molecule has 6 heteroatoms. The van der Waals surface area contributed by atoms with Crippen molar-refractivity contribution >= 4 is 27.3 Å². The Labute approximate surface area is 171 Å². The third kappa shape index (κ3) is 3.76. The molecule has 1 aliphatic heterocycles. The summed E-state index contributed by atoms with van der Waals surface area (Å²) >= 11 is 0. The van der Waals surface area contributed by atoms with Crippen molar-refractivity contribution in [2.45, 2.75) is 25.2 Å². The molecule has 3 aromatic carbocycles. The number of benzene rings is 3. The maximum atomic E-state index is 12.9. The van der Waals surface area contributed by atoms with Crippen LogP contribution in [-0.2, 0) is 21.2 Å². The van der Waals surface area contributed by atoms with Crippen LogP contribution >= 0.6 is 0 Å². The first kappa shape index (κ1) is 19.2. The molecule has 0 spiro atoms. The van der Waals surface area contributed by atoms with Crippen LogP contribution in [0.2, 0.25) is 0 Å². The molecule has 1 amide bonds.